The third-order valence-corrected chi connectivity index (χ3v) is 9.35. The zero-order chi connectivity index (χ0) is 28.9. The maximum Gasteiger partial charge on any atom is 0.427 e. The Morgan fingerprint density at radius 1 is 0.675 bits per heavy atom. The molecule has 1 aliphatic carbocycles. The molecule has 0 atom stereocenters. The predicted molar refractivity (Wildman–Crippen MR) is 164 cm³/mol. The van der Waals surface area contributed by atoms with Gasteiger partial charge in [0, 0.05) is 0 Å². The van der Waals surface area contributed by atoms with E-state index in [0.29, 0.717) is 17.0 Å². The fourth-order valence-electron chi connectivity index (χ4n) is 6.95. The first kappa shape index (κ1) is 28.3. The first-order chi connectivity index (χ1) is 18.9. The predicted octanol–water partition coefficient (Wildman–Crippen LogP) is 11.1. The van der Waals surface area contributed by atoms with E-state index in [1.807, 2.05) is 31.2 Å². The van der Waals surface area contributed by atoms with Gasteiger partial charge in [-0.2, -0.15) is 8.78 Å². The van der Waals surface area contributed by atoms with Gasteiger partial charge in [0.25, 0.3) is 0 Å². The summed E-state index contributed by atoms with van der Waals surface area (Å²) in [4.78, 5) is 0. The minimum absolute atomic E-state index is 0.0594. The van der Waals surface area contributed by atoms with Gasteiger partial charge in [0.15, 0.2) is 0 Å². The minimum atomic E-state index is -3.46. The summed E-state index contributed by atoms with van der Waals surface area (Å²) in [6.07, 6.45) is 1.62. The van der Waals surface area contributed by atoms with Crippen LogP contribution in [0.5, 0.6) is 5.75 Å². The van der Waals surface area contributed by atoms with Gasteiger partial charge in [-0.25, -0.2) is 0 Å². The van der Waals surface area contributed by atoms with Crippen LogP contribution >= 0.6 is 0 Å². The molecule has 0 unspecified atom stereocenters. The highest BCUT2D eigenvalue weighted by atomic mass is 19.3. The molecule has 210 valence electrons. The van der Waals surface area contributed by atoms with Crippen LogP contribution in [-0.2, 0) is 6.11 Å². The fourth-order valence-corrected chi connectivity index (χ4v) is 6.95. The summed E-state index contributed by atoms with van der Waals surface area (Å²) in [5.74, 6) is 1.61. The lowest BCUT2D eigenvalue weighted by Gasteiger charge is -2.28. The highest BCUT2D eigenvalue weighted by Crippen LogP contribution is 2.42. The summed E-state index contributed by atoms with van der Waals surface area (Å²) in [6.45, 7) is 16.4. The van der Waals surface area contributed by atoms with E-state index >= 15 is 8.78 Å². The second-order valence-electron chi connectivity index (χ2n) is 12.4. The molecule has 0 saturated heterocycles. The smallest absolute Gasteiger partial charge is 0.427 e. The molecule has 0 amide bonds. The zero-order valence-electron chi connectivity index (χ0n) is 25.3. The maximum atomic E-state index is 15.7. The molecule has 4 aromatic rings. The number of alkyl halides is 2. The van der Waals surface area contributed by atoms with Crippen LogP contribution in [0.2, 0.25) is 0 Å². The highest BCUT2D eigenvalue weighted by Gasteiger charge is 2.38. The molecule has 0 N–H and O–H groups in total. The van der Waals surface area contributed by atoms with Gasteiger partial charge in [-0.05, 0) is 152 Å². The Balaban J connectivity index is 1.45. The van der Waals surface area contributed by atoms with Crippen LogP contribution in [0, 0.1) is 54.4 Å². The van der Waals surface area contributed by atoms with E-state index in [4.69, 9.17) is 4.74 Å². The van der Waals surface area contributed by atoms with Crippen molar-refractivity contribution in [2.45, 2.75) is 93.1 Å². The van der Waals surface area contributed by atoms with Gasteiger partial charge in [0.05, 0.1) is 5.56 Å². The average Bonchev–Trinajstić information content (AvgIpc) is 2.86. The molecule has 1 aliphatic rings. The van der Waals surface area contributed by atoms with Crippen molar-refractivity contribution in [3.8, 4) is 16.9 Å². The van der Waals surface area contributed by atoms with Crippen molar-refractivity contribution >= 4 is 10.8 Å². The molecule has 0 spiro atoms. The highest BCUT2D eigenvalue weighted by molar-refractivity contribution is 5.88. The molecule has 1 nitrogen and oxygen atoms in total. The first-order valence-electron chi connectivity index (χ1n) is 14.7. The summed E-state index contributed by atoms with van der Waals surface area (Å²) in [6, 6.07) is 15.7. The molecule has 0 aromatic heterocycles. The van der Waals surface area contributed by atoms with Gasteiger partial charge in [0.1, 0.15) is 5.75 Å². The van der Waals surface area contributed by atoms with Crippen molar-refractivity contribution in [1.82, 2.24) is 0 Å². The van der Waals surface area contributed by atoms with Gasteiger partial charge in [-0.1, -0.05) is 56.2 Å². The SMILES string of the molecule is Cc1cc2cc(OC(F)(F)c3c(C)cc(-c4c(C)cc(C5CCC(C)CC5)cc4C)cc3C)ccc2c(C)c1C. The van der Waals surface area contributed by atoms with Crippen molar-refractivity contribution in [2.75, 3.05) is 0 Å². The van der Waals surface area contributed by atoms with Crippen LogP contribution in [-0.4, -0.2) is 0 Å². The van der Waals surface area contributed by atoms with Gasteiger partial charge in [-0.15, -0.1) is 0 Å². The van der Waals surface area contributed by atoms with E-state index in [9.17, 15) is 0 Å². The molecule has 1 saturated carbocycles. The van der Waals surface area contributed by atoms with E-state index in [-0.39, 0.29) is 11.3 Å². The largest absolute Gasteiger partial charge is 0.429 e. The van der Waals surface area contributed by atoms with Crippen molar-refractivity contribution in [3.63, 3.8) is 0 Å². The molecule has 3 heteroatoms. The lowest BCUT2D eigenvalue weighted by atomic mass is 9.78. The quantitative estimate of drug-likeness (QED) is 0.245. The van der Waals surface area contributed by atoms with Crippen LogP contribution in [0.1, 0.15) is 88.6 Å². The van der Waals surface area contributed by atoms with Crippen molar-refractivity contribution in [3.05, 3.63) is 98.6 Å². The standard InChI is InChI=1S/C37H42F2O/c1-21-9-11-29(12-10-21)30-16-23(3)35(24(4)17-30)32-18-25(5)36(26(6)19-32)37(38,39)40-33-13-14-34-28(8)27(7)22(2)15-31(34)20-33/h13-21,29H,9-12H2,1-8H3. The minimum Gasteiger partial charge on any atom is -0.429 e. The molecule has 4 aromatic carbocycles. The van der Waals surface area contributed by atoms with Crippen LogP contribution in [0.4, 0.5) is 8.78 Å². The Kier molecular flexibility index (Phi) is 7.54. The Hall–Kier alpha value is -3.20. The van der Waals surface area contributed by atoms with Gasteiger partial charge < -0.3 is 4.74 Å². The first-order valence-corrected chi connectivity index (χ1v) is 14.7. The van der Waals surface area contributed by atoms with Gasteiger partial charge >= 0.3 is 6.11 Å². The number of rotatable bonds is 5. The summed E-state index contributed by atoms with van der Waals surface area (Å²) in [7, 11) is 0. The number of hydrogen-bond donors (Lipinski definition) is 0. The maximum absolute atomic E-state index is 15.7. The third-order valence-electron chi connectivity index (χ3n) is 9.35. The van der Waals surface area contributed by atoms with Gasteiger partial charge in [-0.3, -0.25) is 0 Å². The number of fused-ring (bicyclic) bond motifs is 1. The molecule has 5 rings (SSSR count). The fraction of sp³-hybridized carbons (Fsp3) is 0.405. The number of halogens is 2. The Bertz CT molecular complexity index is 1540. The monoisotopic (exact) mass is 540 g/mol. The van der Waals surface area contributed by atoms with E-state index in [2.05, 4.69) is 46.8 Å². The van der Waals surface area contributed by atoms with E-state index in [0.717, 1.165) is 33.4 Å². The van der Waals surface area contributed by atoms with Crippen LogP contribution < -0.4 is 4.74 Å². The lowest BCUT2D eigenvalue weighted by Crippen LogP contribution is -2.24. The Morgan fingerprint density at radius 2 is 1.27 bits per heavy atom. The average molecular weight is 541 g/mol. The van der Waals surface area contributed by atoms with Crippen LogP contribution in [0.15, 0.2) is 48.5 Å². The summed E-state index contributed by atoms with van der Waals surface area (Å²) >= 11 is 0. The zero-order valence-corrected chi connectivity index (χ0v) is 25.3. The van der Waals surface area contributed by atoms with E-state index < -0.39 is 6.11 Å². The molecule has 1 fully saturated rings. The summed E-state index contributed by atoms with van der Waals surface area (Å²) in [5, 5.41) is 1.97. The molecular weight excluding hydrogens is 498 g/mol. The van der Waals surface area contributed by atoms with Crippen LogP contribution in [0.25, 0.3) is 21.9 Å². The number of ether oxygens (including phenoxy) is 1. The molecule has 0 radical (unpaired) electrons. The van der Waals surface area contributed by atoms with Crippen molar-refractivity contribution < 1.29 is 13.5 Å². The van der Waals surface area contributed by atoms with E-state index in [1.54, 1.807) is 26.0 Å². The molecule has 0 aliphatic heterocycles. The van der Waals surface area contributed by atoms with E-state index in [1.165, 1.54) is 53.5 Å². The summed E-state index contributed by atoms with van der Waals surface area (Å²) < 4.78 is 36.9. The molecular formula is C37H42F2O. The van der Waals surface area contributed by atoms with Crippen LogP contribution in [0.3, 0.4) is 0 Å². The number of aryl methyl sites for hydroxylation is 6. The summed E-state index contributed by atoms with van der Waals surface area (Å²) in [5.41, 5.74) is 10.5. The normalized spacial score (nSPS) is 17.9. The molecule has 0 heterocycles. The molecule has 40 heavy (non-hydrogen) atoms. The van der Waals surface area contributed by atoms with Gasteiger partial charge in [0.2, 0.25) is 0 Å². The second-order valence-corrected chi connectivity index (χ2v) is 12.4. The van der Waals surface area contributed by atoms with Crippen molar-refractivity contribution in [2.24, 2.45) is 5.92 Å². The Labute approximate surface area is 238 Å². The molecule has 0 bridgehead atoms. The number of benzene rings is 4. The third kappa shape index (κ3) is 5.28. The second kappa shape index (κ2) is 10.7. The lowest BCUT2D eigenvalue weighted by molar-refractivity contribution is -0.186. The number of hydrogen-bond acceptors (Lipinski definition) is 1. The van der Waals surface area contributed by atoms with Crippen molar-refractivity contribution in [1.29, 1.82) is 0 Å². The topological polar surface area (TPSA) is 9.23 Å². The Morgan fingerprint density at radius 3 is 1.88 bits per heavy atom.